The topological polar surface area (TPSA) is 50.8 Å². The van der Waals surface area contributed by atoms with Gasteiger partial charge < -0.3 is 14.8 Å². The number of rotatable bonds is 8. The number of amides is 1. The van der Waals surface area contributed by atoms with Crippen LogP contribution in [0.15, 0.2) is 24.3 Å². The van der Waals surface area contributed by atoms with Crippen LogP contribution in [0, 0.1) is 11.7 Å². The molecule has 134 valence electrons. The van der Waals surface area contributed by atoms with Crippen LogP contribution < -0.4 is 10.1 Å². The first-order valence-electron chi connectivity index (χ1n) is 8.52. The third kappa shape index (κ3) is 6.84. The third-order valence-electron chi connectivity index (χ3n) is 3.78. The normalized spacial score (nSPS) is 18.6. The maximum atomic E-state index is 12.8. The Kier molecular flexibility index (Phi) is 7.46. The lowest BCUT2D eigenvalue weighted by Crippen LogP contribution is -2.48. The maximum absolute atomic E-state index is 12.8. The van der Waals surface area contributed by atoms with Crippen molar-refractivity contribution in [2.75, 3.05) is 39.4 Å². The predicted molar refractivity (Wildman–Crippen MR) is 90.5 cm³/mol. The highest BCUT2D eigenvalue weighted by molar-refractivity contribution is 5.76. The molecule has 1 unspecified atom stereocenters. The Bertz CT molecular complexity index is 507. The number of hydrogen-bond acceptors (Lipinski definition) is 4. The molecule has 1 aliphatic heterocycles. The molecular formula is C18H27FN2O3. The van der Waals surface area contributed by atoms with E-state index in [1.54, 1.807) is 12.1 Å². The molecule has 1 amide bonds. The molecule has 0 radical (unpaired) electrons. The number of carbonyl (C=O) groups is 1. The molecule has 5 nitrogen and oxygen atoms in total. The van der Waals surface area contributed by atoms with E-state index in [9.17, 15) is 9.18 Å². The summed E-state index contributed by atoms with van der Waals surface area (Å²) >= 11 is 0. The molecule has 6 heteroatoms. The number of carbonyl (C=O) groups excluding carboxylic acids is 1. The second kappa shape index (κ2) is 9.59. The Labute approximate surface area is 143 Å². The summed E-state index contributed by atoms with van der Waals surface area (Å²) in [7, 11) is 0. The van der Waals surface area contributed by atoms with E-state index in [0.29, 0.717) is 24.8 Å². The van der Waals surface area contributed by atoms with Crippen LogP contribution in [0.5, 0.6) is 5.75 Å². The molecule has 1 atom stereocenters. The Hall–Kier alpha value is -1.66. The zero-order valence-electron chi connectivity index (χ0n) is 14.5. The minimum Gasteiger partial charge on any atom is -0.493 e. The van der Waals surface area contributed by atoms with Gasteiger partial charge in [-0.1, -0.05) is 13.8 Å². The lowest BCUT2D eigenvalue weighted by atomic mass is 10.2. The summed E-state index contributed by atoms with van der Waals surface area (Å²) in [5, 5.41) is 2.89. The summed E-state index contributed by atoms with van der Waals surface area (Å²) in [6, 6.07) is 5.76. The van der Waals surface area contributed by atoms with Crippen molar-refractivity contribution in [1.82, 2.24) is 10.2 Å². The zero-order valence-corrected chi connectivity index (χ0v) is 14.5. The van der Waals surface area contributed by atoms with Crippen molar-refractivity contribution >= 4 is 5.91 Å². The van der Waals surface area contributed by atoms with Crippen molar-refractivity contribution in [3.8, 4) is 5.75 Å². The molecular weight excluding hydrogens is 311 g/mol. The van der Waals surface area contributed by atoms with Crippen LogP contribution in [0.1, 0.15) is 20.3 Å². The lowest BCUT2D eigenvalue weighted by Gasteiger charge is -2.33. The van der Waals surface area contributed by atoms with Gasteiger partial charge in [-0.15, -0.1) is 0 Å². The minimum absolute atomic E-state index is 0.0412. The van der Waals surface area contributed by atoms with Crippen LogP contribution in [0.25, 0.3) is 0 Å². The number of nitrogens with one attached hydrogen (secondary N) is 1. The molecule has 0 spiro atoms. The molecule has 0 bridgehead atoms. The first-order chi connectivity index (χ1) is 11.5. The van der Waals surface area contributed by atoms with E-state index >= 15 is 0 Å². The molecule has 24 heavy (non-hydrogen) atoms. The summed E-state index contributed by atoms with van der Waals surface area (Å²) in [5.74, 6) is 0.812. The molecule has 0 aliphatic carbocycles. The average Bonchev–Trinajstić information content (AvgIpc) is 2.54. The molecule has 1 saturated heterocycles. The van der Waals surface area contributed by atoms with Gasteiger partial charge >= 0.3 is 0 Å². The van der Waals surface area contributed by atoms with Gasteiger partial charge in [0.15, 0.2) is 0 Å². The van der Waals surface area contributed by atoms with Crippen LogP contribution in [0.3, 0.4) is 0 Å². The summed E-state index contributed by atoms with van der Waals surface area (Å²) in [5.41, 5.74) is 0. The van der Waals surface area contributed by atoms with E-state index < -0.39 is 0 Å². The predicted octanol–water partition coefficient (Wildman–Crippen LogP) is 2.07. The molecule has 0 aromatic heterocycles. The van der Waals surface area contributed by atoms with Crippen LogP contribution in [-0.4, -0.2) is 56.3 Å². The van der Waals surface area contributed by atoms with Gasteiger partial charge in [-0.25, -0.2) is 4.39 Å². The van der Waals surface area contributed by atoms with Gasteiger partial charge in [-0.3, -0.25) is 9.69 Å². The van der Waals surface area contributed by atoms with E-state index in [-0.39, 0.29) is 30.9 Å². The fourth-order valence-corrected chi connectivity index (χ4v) is 2.69. The third-order valence-corrected chi connectivity index (χ3v) is 3.78. The van der Waals surface area contributed by atoms with Gasteiger partial charge in [-0.05, 0) is 30.2 Å². The highest BCUT2D eigenvalue weighted by Crippen LogP contribution is 2.11. The van der Waals surface area contributed by atoms with E-state index in [4.69, 9.17) is 9.47 Å². The fourth-order valence-electron chi connectivity index (χ4n) is 2.69. The van der Waals surface area contributed by atoms with Crippen LogP contribution in [0.2, 0.25) is 0 Å². The second-order valence-electron chi connectivity index (χ2n) is 6.50. The number of hydrogen-bond donors (Lipinski definition) is 1. The Morgan fingerprint density at radius 2 is 2.17 bits per heavy atom. The number of ether oxygens (including phenoxy) is 2. The first kappa shape index (κ1) is 18.7. The SMILES string of the molecule is CC(C)CN1CCOC(CNC(=O)CCOc2ccc(F)cc2)C1. The number of benzene rings is 1. The van der Waals surface area contributed by atoms with Crippen LogP contribution in [-0.2, 0) is 9.53 Å². The van der Waals surface area contributed by atoms with Gasteiger partial charge in [-0.2, -0.15) is 0 Å². The summed E-state index contributed by atoms with van der Waals surface area (Å²) in [6.45, 7) is 8.76. The van der Waals surface area contributed by atoms with Crippen LogP contribution >= 0.6 is 0 Å². The number of nitrogens with zero attached hydrogens (tertiary/aromatic N) is 1. The highest BCUT2D eigenvalue weighted by Gasteiger charge is 2.21. The molecule has 1 aliphatic rings. The van der Waals surface area contributed by atoms with Gasteiger partial charge in [0, 0.05) is 26.2 Å². The monoisotopic (exact) mass is 338 g/mol. The van der Waals surface area contributed by atoms with Gasteiger partial charge in [0.1, 0.15) is 11.6 Å². The number of halogens is 1. The van der Waals surface area contributed by atoms with Crippen molar-refractivity contribution in [2.45, 2.75) is 26.4 Å². The largest absolute Gasteiger partial charge is 0.493 e. The van der Waals surface area contributed by atoms with Gasteiger partial charge in [0.2, 0.25) is 5.91 Å². The molecule has 2 rings (SSSR count). The van der Waals surface area contributed by atoms with Gasteiger partial charge in [0.05, 0.1) is 25.7 Å². The Morgan fingerprint density at radius 1 is 1.42 bits per heavy atom. The molecule has 0 saturated carbocycles. The van der Waals surface area contributed by atoms with Crippen molar-refractivity contribution in [3.63, 3.8) is 0 Å². The van der Waals surface area contributed by atoms with E-state index in [1.165, 1.54) is 12.1 Å². The van der Waals surface area contributed by atoms with E-state index in [0.717, 1.165) is 19.6 Å². The zero-order chi connectivity index (χ0) is 17.4. The van der Waals surface area contributed by atoms with Crippen molar-refractivity contribution in [3.05, 3.63) is 30.1 Å². The fraction of sp³-hybridized carbons (Fsp3) is 0.611. The standard InChI is InChI=1S/C18H27FN2O3/c1-14(2)12-21-8-10-24-17(13-21)11-20-18(22)7-9-23-16-5-3-15(19)4-6-16/h3-6,14,17H,7-13H2,1-2H3,(H,20,22). The molecule has 1 fully saturated rings. The summed E-state index contributed by atoms with van der Waals surface area (Å²) < 4.78 is 23.9. The summed E-state index contributed by atoms with van der Waals surface area (Å²) in [4.78, 5) is 14.2. The maximum Gasteiger partial charge on any atom is 0.223 e. The van der Waals surface area contributed by atoms with Crippen molar-refractivity contribution in [1.29, 1.82) is 0 Å². The van der Waals surface area contributed by atoms with E-state index in [2.05, 4.69) is 24.1 Å². The first-order valence-corrected chi connectivity index (χ1v) is 8.52. The van der Waals surface area contributed by atoms with Crippen LogP contribution in [0.4, 0.5) is 4.39 Å². The Morgan fingerprint density at radius 3 is 2.88 bits per heavy atom. The average molecular weight is 338 g/mol. The molecule has 1 heterocycles. The van der Waals surface area contributed by atoms with E-state index in [1.807, 2.05) is 0 Å². The lowest BCUT2D eigenvalue weighted by molar-refractivity contribution is -0.122. The van der Waals surface area contributed by atoms with Crippen molar-refractivity contribution in [2.24, 2.45) is 5.92 Å². The molecule has 1 aromatic carbocycles. The smallest absolute Gasteiger partial charge is 0.223 e. The minimum atomic E-state index is -0.306. The number of morpholine rings is 1. The Balaban J connectivity index is 1.61. The van der Waals surface area contributed by atoms with Crippen molar-refractivity contribution < 1.29 is 18.7 Å². The second-order valence-corrected chi connectivity index (χ2v) is 6.50. The molecule has 1 N–H and O–H groups in total. The van der Waals surface area contributed by atoms with Gasteiger partial charge in [0.25, 0.3) is 0 Å². The molecule has 1 aromatic rings. The quantitative estimate of drug-likeness (QED) is 0.788. The summed E-state index contributed by atoms with van der Waals surface area (Å²) in [6.07, 6.45) is 0.305. The highest BCUT2D eigenvalue weighted by atomic mass is 19.1.